The molecule has 3 aromatic rings. The van der Waals surface area contributed by atoms with Crippen molar-refractivity contribution in [2.24, 2.45) is 7.05 Å². The summed E-state index contributed by atoms with van der Waals surface area (Å²) >= 11 is 3.33. The lowest BCUT2D eigenvalue weighted by Gasteiger charge is -2.27. The van der Waals surface area contributed by atoms with E-state index in [1.54, 1.807) is 6.92 Å². The van der Waals surface area contributed by atoms with Crippen LogP contribution in [0.2, 0.25) is 0 Å². The third kappa shape index (κ3) is 6.12. The summed E-state index contributed by atoms with van der Waals surface area (Å²) in [6.45, 7) is 3.84. The van der Waals surface area contributed by atoms with Crippen molar-refractivity contribution in [3.63, 3.8) is 0 Å². The second-order valence-corrected chi connectivity index (χ2v) is 10.3. The van der Waals surface area contributed by atoms with Gasteiger partial charge in [0.05, 0.1) is 46.6 Å². The van der Waals surface area contributed by atoms with Gasteiger partial charge in [0.15, 0.2) is 0 Å². The Bertz CT molecular complexity index is 1540. The number of morpholine rings is 1. The highest BCUT2D eigenvalue weighted by Crippen LogP contribution is 2.41. The standard InChI is InChI=1S/C25H24BrF3N2O6S.ClH/c1-3-37-24(33)20-19-16(13-31-7-9-36-10-8-31)22(32)17(26)12-18(19)30(2)21(20)23(38(34)35)14-5-4-6-15(11-14)25(27,28)29;/h4-6,11-12,32H,3,7-10,13H2,1-2H3;1H. The largest absolute Gasteiger partial charge is 0.506 e. The minimum Gasteiger partial charge on any atom is -0.506 e. The average Bonchev–Trinajstić information content (AvgIpc) is 3.14. The molecule has 0 saturated carbocycles. The number of benzene rings is 2. The van der Waals surface area contributed by atoms with Gasteiger partial charge in [0.2, 0.25) is 10.3 Å². The van der Waals surface area contributed by atoms with Crippen molar-refractivity contribution >= 4 is 60.4 Å². The van der Waals surface area contributed by atoms with Crippen LogP contribution in [-0.4, -0.2) is 66.7 Å². The van der Waals surface area contributed by atoms with E-state index in [4.69, 9.17) is 9.47 Å². The highest BCUT2D eigenvalue weighted by Gasteiger charge is 2.34. The van der Waals surface area contributed by atoms with Crippen LogP contribution in [0.5, 0.6) is 5.75 Å². The number of alkyl halides is 3. The first-order valence-electron chi connectivity index (χ1n) is 11.6. The number of nitrogens with zero attached hydrogens (tertiary/aromatic N) is 2. The second-order valence-electron chi connectivity index (χ2n) is 8.61. The van der Waals surface area contributed by atoms with Gasteiger partial charge in [-0.05, 0) is 46.6 Å². The summed E-state index contributed by atoms with van der Waals surface area (Å²) in [5, 5.41) is 11.3. The number of ether oxygens (including phenoxy) is 2. The molecule has 1 fully saturated rings. The van der Waals surface area contributed by atoms with Crippen molar-refractivity contribution in [3.05, 3.63) is 62.8 Å². The normalized spacial score (nSPS) is 14.2. The van der Waals surface area contributed by atoms with Crippen LogP contribution in [0.1, 0.15) is 39.7 Å². The van der Waals surface area contributed by atoms with Crippen molar-refractivity contribution in [2.75, 3.05) is 32.9 Å². The second kappa shape index (κ2) is 12.3. The number of aromatic hydroxyl groups is 1. The smallest absolute Gasteiger partial charge is 0.416 e. The Morgan fingerprint density at radius 2 is 1.87 bits per heavy atom. The zero-order valence-corrected chi connectivity index (χ0v) is 24.1. The number of carbonyl (C=O) groups excluding carboxylic acids is 1. The van der Waals surface area contributed by atoms with E-state index in [1.807, 2.05) is 4.90 Å². The molecule has 1 aromatic heterocycles. The number of phenolic OH excluding ortho intramolecular Hbond substituents is 1. The van der Waals surface area contributed by atoms with E-state index < -0.39 is 32.9 Å². The molecule has 1 saturated heterocycles. The predicted octanol–water partition coefficient (Wildman–Crippen LogP) is 4.54. The van der Waals surface area contributed by atoms with E-state index >= 15 is 0 Å². The maximum atomic E-state index is 13.5. The maximum absolute atomic E-state index is 13.5. The Morgan fingerprint density at radius 1 is 1.21 bits per heavy atom. The number of fused-ring (bicyclic) bond motifs is 1. The molecule has 0 aliphatic carbocycles. The van der Waals surface area contributed by atoms with Crippen molar-refractivity contribution in [2.45, 2.75) is 19.6 Å². The lowest BCUT2D eigenvalue weighted by Crippen LogP contribution is -2.35. The number of halogens is 5. The Balaban J connectivity index is 0.00000420. The van der Waals surface area contributed by atoms with Crippen molar-refractivity contribution in [1.29, 1.82) is 0 Å². The Morgan fingerprint density at radius 3 is 2.46 bits per heavy atom. The van der Waals surface area contributed by atoms with E-state index in [9.17, 15) is 31.5 Å². The van der Waals surface area contributed by atoms with E-state index in [0.717, 1.165) is 18.2 Å². The zero-order chi connectivity index (χ0) is 27.8. The fourth-order valence-corrected chi connectivity index (χ4v) is 5.75. The third-order valence-electron chi connectivity index (χ3n) is 6.32. The Hall–Kier alpha value is -2.58. The molecule has 14 heteroatoms. The number of aromatic nitrogens is 1. The number of hydrogen-bond acceptors (Lipinski definition) is 7. The monoisotopic (exact) mass is 652 g/mol. The molecule has 212 valence electrons. The fourth-order valence-electron chi connectivity index (χ4n) is 4.58. The summed E-state index contributed by atoms with van der Waals surface area (Å²) < 4.78 is 78.0. The van der Waals surface area contributed by atoms with Gasteiger partial charge in [-0.25, -0.2) is 4.79 Å². The first-order chi connectivity index (χ1) is 18.0. The van der Waals surface area contributed by atoms with Crippen molar-refractivity contribution < 1.29 is 41.0 Å². The first-order valence-corrected chi connectivity index (χ1v) is 13.5. The summed E-state index contributed by atoms with van der Waals surface area (Å²) in [5.74, 6) is -1.01. The molecule has 0 bridgehead atoms. The number of esters is 1. The van der Waals surface area contributed by atoms with E-state index in [-0.39, 0.29) is 53.5 Å². The molecule has 4 rings (SSSR count). The summed E-state index contributed by atoms with van der Waals surface area (Å²) in [7, 11) is -1.56. The minimum atomic E-state index is -4.71. The topological polar surface area (TPSA) is 98.1 Å². The summed E-state index contributed by atoms with van der Waals surface area (Å²) in [6, 6.07) is 5.41. The molecule has 1 aliphatic rings. The lowest BCUT2D eigenvalue weighted by molar-refractivity contribution is -0.137. The summed E-state index contributed by atoms with van der Waals surface area (Å²) in [4.78, 5) is 14.9. The Labute approximate surface area is 238 Å². The molecule has 2 heterocycles. The molecular formula is C25H25BrClF3N2O6S. The SMILES string of the molecule is CCOC(=O)c1c(C(c2cccc(C(F)(F)F)c2)=S(=O)=O)n(C)c2cc(Br)c(O)c(CN3CCOCC3)c12.Cl. The van der Waals surface area contributed by atoms with Crippen LogP contribution in [-0.2, 0) is 39.5 Å². The molecule has 0 atom stereocenters. The van der Waals surface area contributed by atoms with E-state index in [1.165, 1.54) is 23.7 Å². The van der Waals surface area contributed by atoms with Crippen LogP contribution in [0.15, 0.2) is 34.8 Å². The average molecular weight is 654 g/mol. The number of phenols is 1. The highest BCUT2D eigenvalue weighted by molar-refractivity contribution is 9.10. The molecule has 0 radical (unpaired) electrons. The van der Waals surface area contributed by atoms with Crippen LogP contribution in [0, 0.1) is 0 Å². The molecule has 0 unspecified atom stereocenters. The molecule has 1 aliphatic heterocycles. The molecular weight excluding hydrogens is 629 g/mol. The predicted molar refractivity (Wildman–Crippen MR) is 145 cm³/mol. The quantitative estimate of drug-likeness (QED) is 0.237. The molecule has 39 heavy (non-hydrogen) atoms. The van der Waals surface area contributed by atoms with Gasteiger partial charge in [-0.2, -0.15) is 21.6 Å². The highest BCUT2D eigenvalue weighted by atomic mass is 79.9. The van der Waals surface area contributed by atoms with Crippen LogP contribution >= 0.6 is 28.3 Å². The Kier molecular flexibility index (Phi) is 9.76. The van der Waals surface area contributed by atoms with Crippen molar-refractivity contribution in [1.82, 2.24) is 9.47 Å². The molecule has 0 amide bonds. The maximum Gasteiger partial charge on any atom is 0.416 e. The van der Waals surface area contributed by atoms with Crippen LogP contribution in [0.25, 0.3) is 10.9 Å². The summed E-state index contributed by atoms with van der Waals surface area (Å²) in [5.41, 5.74) is -0.864. The number of carbonyl (C=O) groups is 1. The molecule has 8 nitrogen and oxygen atoms in total. The lowest BCUT2D eigenvalue weighted by atomic mass is 9.99. The van der Waals surface area contributed by atoms with Gasteiger partial charge >= 0.3 is 12.1 Å². The van der Waals surface area contributed by atoms with Crippen LogP contribution in [0.3, 0.4) is 0 Å². The van der Waals surface area contributed by atoms with E-state index in [0.29, 0.717) is 41.9 Å². The van der Waals surface area contributed by atoms with Gasteiger partial charge in [0.25, 0.3) is 0 Å². The molecule has 1 N–H and O–H groups in total. The fraction of sp³-hybridized carbons (Fsp3) is 0.360. The van der Waals surface area contributed by atoms with Gasteiger partial charge in [-0.3, -0.25) is 4.90 Å². The molecule has 2 aromatic carbocycles. The van der Waals surface area contributed by atoms with Crippen LogP contribution < -0.4 is 0 Å². The number of aryl methyl sites for hydroxylation is 1. The van der Waals surface area contributed by atoms with Gasteiger partial charge in [-0.15, -0.1) is 12.4 Å². The number of rotatable bonds is 6. The number of hydrogen-bond donors (Lipinski definition) is 1. The minimum absolute atomic E-state index is 0. The van der Waals surface area contributed by atoms with Gasteiger partial charge in [0.1, 0.15) is 10.6 Å². The zero-order valence-electron chi connectivity index (χ0n) is 20.8. The third-order valence-corrected chi connectivity index (χ3v) is 7.68. The van der Waals surface area contributed by atoms with Gasteiger partial charge < -0.3 is 19.1 Å². The first kappa shape index (κ1) is 31.0. The van der Waals surface area contributed by atoms with Gasteiger partial charge in [0, 0.05) is 37.6 Å². The molecule has 0 spiro atoms. The van der Waals surface area contributed by atoms with Crippen molar-refractivity contribution in [3.8, 4) is 5.75 Å². The van der Waals surface area contributed by atoms with Gasteiger partial charge in [-0.1, -0.05) is 12.1 Å². The van der Waals surface area contributed by atoms with Crippen LogP contribution in [0.4, 0.5) is 13.2 Å². The summed E-state index contributed by atoms with van der Waals surface area (Å²) in [6.07, 6.45) is -4.71. The van der Waals surface area contributed by atoms with E-state index in [2.05, 4.69) is 15.9 Å².